The van der Waals surface area contributed by atoms with E-state index in [1.807, 2.05) is 11.5 Å². The van der Waals surface area contributed by atoms with Crippen molar-refractivity contribution in [1.82, 2.24) is 20.1 Å². The molecule has 0 spiro atoms. The van der Waals surface area contributed by atoms with Gasteiger partial charge in [-0.05, 0) is 68.7 Å². The lowest BCUT2D eigenvalue weighted by molar-refractivity contribution is -0.113. The van der Waals surface area contributed by atoms with E-state index in [1.165, 1.54) is 34.0 Å². The van der Waals surface area contributed by atoms with Gasteiger partial charge in [-0.25, -0.2) is 0 Å². The summed E-state index contributed by atoms with van der Waals surface area (Å²) in [6, 6.07) is 6.63. The number of aromatic nitrogens is 3. The van der Waals surface area contributed by atoms with E-state index in [-0.39, 0.29) is 28.5 Å². The number of benzene rings is 1. The van der Waals surface area contributed by atoms with Crippen molar-refractivity contribution in [2.24, 2.45) is 5.92 Å². The summed E-state index contributed by atoms with van der Waals surface area (Å²) in [6.07, 6.45) is 4.67. The molecular weight excluding hydrogens is 575 g/mol. The summed E-state index contributed by atoms with van der Waals surface area (Å²) in [5.41, 5.74) is 2.01. The van der Waals surface area contributed by atoms with E-state index in [0.717, 1.165) is 31.2 Å². The van der Waals surface area contributed by atoms with Gasteiger partial charge >= 0.3 is 0 Å². The molecule has 1 atom stereocenters. The van der Waals surface area contributed by atoms with Gasteiger partial charge in [-0.1, -0.05) is 48.8 Å². The topological polar surface area (TPSA) is 113 Å². The number of hydrogen-bond acceptors (Lipinski definition) is 7. The molecule has 2 aromatic heterocycles. The van der Waals surface area contributed by atoms with Crippen LogP contribution < -0.4 is 10.6 Å². The second-order valence-corrected chi connectivity index (χ2v) is 12.6. The van der Waals surface area contributed by atoms with E-state index in [4.69, 9.17) is 23.2 Å². The summed E-state index contributed by atoms with van der Waals surface area (Å²) in [6.45, 7) is 6.67. The maximum Gasteiger partial charge on any atom is 0.253 e. The number of nitrogens with zero attached hydrogens (tertiary/aromatic N) is 4. The average molecular weight is 606 g/mol. The van der Waals surface area contributed by atoms with E-state index in [0.29, 0.717) is 45.1 Å². The molecule has 3 aromatic rings. The maximum atomic E-state index is 13.1. The predicted molar refractivity (Wildman–Crippen MR) is 157 cm³/mol. The van der Waals surface area contributed by atoms with E-state index in [1.54, 1.807) is 12.1 Å². The number of thiophene rings is 1. The molecule has 1 aliphatic carbocycles. The molecule has 2 amide bonds. The van der Waals surface area contributed by atoms with Gasteiger partial charge in [-0.15, -0.1) is 21.5 Å². The molecule has 0 unspecified atom stereocenters. The van der Waals surface area contributed by atoms with Crippen molar-refractivity contribution in [2.75, 3.05) is 11.1 Å². The Hall–Kier alpha value is -2.58. The molecule has 1 aromatic carbocycles. The van der Waals surface area contributed by atoms with Crippen LogP contribution in [-0.2, 0) is 24.2 Å². The molecule has 1 aliphatic rings. The van der Waals surface area contributed by atoms with Crippen molar-refractivity contribution in [2.45, 2.75) is 70.6 Å². The van der Waals surface area contributed by atoms with Crippen LogP contribution in [0.1, 0.15) is 78.3 Å². The van der Waals surface area contributed by atoms with E-state index >= 15 is 0 Å². The minimum Gasteiger partial charge on any atom is -0.342 e. The number of rotatable bonds is 10. The number of fused-ring (bicyclic) bond motifs is 1. The Morgan fingerprint density at radius 2 is 2.00 bits per heavy atom. The average Bonchev–Trinajstić information content (AvgIpc) is 3.46. The Morgan fingerprint density at radius 3 is 2.69 bits per heavy atom. The molecule has 206 valence electrons. The Balaban J connectivity index is 1.47. The SMILES string of the molecule is CCn1c(SCC(=O)Nc2sc3c(c2C#N)CCCC3)nnc1[C@H](CC(C)C)NC(=O)c1ccc(Cl)cc1Cl. The largest absolute Gasteiger partial charge is 0.342 e. The Kier molecular flexibility index (Phi) is 9.94. The molecule has 0 saturated heterocycles. The summed E-state index contributed by atoms with van der Waals surface area (Å²) >= 11 is 15.0. The minimum absolute atomic E-state index is 0.118. The minimum atomic E-state index is -0.407. The number of nitriles is 1. The van der Waals surface area contributed by atoms with Gasteiger partial charge in [0.25, 0.3) is 5.91 Å². The summed E-state index contributed by atoms with van der Waals surface area (Å²) in [4.78, 5) is 27.1. The molecule has 0 bridgehead atoms. The van der Waals surface area contributed by atoms with Crippen LogP contribution in [0.25, 0.3) is 0 Å². The van der Waals surface area contributed by atoms with E-state index < -0.39 is 6.04 Å². The van der Waals surface area contributed by atoms with Gasteiger partial charge in [0.05, 0.1) is 27.9 Å². The monoisotopic (exact) mass is 604 g/mol. The number of carbonyl (C=O) groups excluding carboxylic acids is 2. The number of amides is 2. The first-order valence-electron chi connectivity index (χ1n) is 12.9. The highest BCUT2D eigenvalue weighted by molar-refractivity contribution is 7.99. The lowest BCUT2D eigenvalue weighted by atomic mass is 9.96. The van der Waals surface area contributed by atoms with Crippen LogP contribution in [0, 0.1) is 17.2 Å². The number of halogens is 2. The highest BCUT2D eigenvalue weighted by Gasteiger charge is 2.26. The van der Waals surface area contributed by atoms with Gasteiger partial charge in [0.1, 0.15) is 11.1 Å². The fourth-order valence-electron chi connectivity index (χ4n) is 4.64. The molecule has 2 heterocycles. The van der Waals surface area contributed by atoms with Crippen molar-refractivity contribution < 1.29 is 9.59 Å². The molecule has 0 saturated carbocycles. The number of nitrogens with one attached hydrogen (secondary N) is 2. The van der Waals surface area contributed by atoms with Gasteiger partial charge < -0.3 is 15.2 Å². The zero-order chi connectivity index (χ0) is 28.1. The lowest BCUT2D eigenvalue weighted by Gasteiger charge is -2.21. The first-order valence-corrected chi connectivity index (χ1v) is 15.4. The zero-order valence-electron chi connectivity index (χ0n) is 22.0. The van der Waals surface area contributed by atoms with Crippen LogP contribution >= 0.6 is 46.3 Å². The maximum absolute atomic E-state index is 13.1. The molecule has 0 radical (unpaired) electrons. The van der Waals surface area contributed by atoms with Crippen molar-refractivity contribution in [3.8, 4) is 6.07 Å². The molecule has 4 rings (SSSR count). The van der Waals surface area contributed by atoms with Gasteiger partial charge in [-0.2, -0.15) is 5.26 Å². The van der Waals surface area contributed by atoms with Crippen molar-refractivity contribution in [3.63, 3.8) is 0 Å². The number of carbonyl (C=O) groups is 2. The molecule has 0 aliphatic heterocycles. The predicted octanol–water partition coefficient (Wildman–Crippen LogP) is 6.66. The first-order chi connectivity index (χ1) is 18.7. The molecule has 0 fully saturated rings. The van der Waals surface area contributed by atoms with Crippen LogP contribution in [-0.4, -0.2) is 32.3 Å². The summed E-state index contributed by atoms with van der Waals surface area (Å²) in [7, 11) is 0. The van der Waals surface area contributed by atoms with Crippen LogP contribution in [0.4, 0.5) is 5.00 Å². The first kappa shape index (κ1) is 29.4. The Morgan fingerprint density at radius 1 is 1.23 bits per heavy atom. The van der Waals surface area contributed by atoms with E-state index in [2.05, 4.69) is 40.7 Å². The molecule has 8 nitrogen and oxygen atoms in total. The number of hydrogen-bond donors (Lipinski definition) is 2. The number of anilines is 1. The highest BCUT2D eigenvalue weighted by Crippen LogP contribution is 2.37. The van der Waals surface area contributed by atoms with Gasteiger partial charge in [0, 0.05) is 16.4 Å². The van der Waals surface area contributed by atoms with Gasteiger partial charge in [-0.3, -0.25) is 9.59 Å². The van der Waals surface area contributed by atoms with Crippen molar-refractivity contribution >= 4 is 63.1 Å². The summed E-state index contributed by atoms with van der Waals surface area (Å²) < 4.78 is 1.92. The van der Waals surface area contributed by atoms with Crippen LogP contribution in [0.15, 0.2) is 23.4 Å². The third kappa shape index (κ3) is 6.95. The fourth-order valence-corrected chi connectivity index (χ4v) is 7.20. The smallest absolute Gasteiger partial charge is 0.253 e. The Labute approximate surface area is 246 Å². The highest BCUT2D eigenvalue weighted by atomic mass is 35.5. The zero-order valence-corrected chi connectivity index (χ0v) is 25.2. The quantitative estimate of drug-likeness (QED) is 0.250. The normalized spacial score (nSPS) is 13.6. The number of thioether (sulfide) groups is 1. The third-order valence-corrected chi connectivity index (χ3v) is 9.15. The summed E-state index contributed by atoms with van der Waals surface area (Å²) in [5.74, 6) is 0.476. The molecule has 39 heavy (non-hydrogen) atoms. The lowest BCUT2D eigenvalue weighted by Crippen LogP contribution is -2.31. The summed E-state index contributed by atoms with van der Waals surface area (Å²) in [5, 5.41) is 26.3. The molecule has 2 N–H and O–H groups in total. The van der Waals surface area contributed by atoms with Gasteiger partial charge in [0.15, 0.2) is 11.0 Å². The van der Waals surface area contributed by atoms with Crippen LogP contribution in [0.2, 0.25) is 10.0 Å². The Bertz CT molecular complexity index is 1410. The van der Waals surface area contributed by atoms with Crippen molar-refractivity contribution in [1.29, 1.82) is 5.26 Å². The van der Waals surface area contributed by atoms with Crippen LogP contribution in [0.5, 0.6) is 0 Å². The third-order valence-electron chi connectivity index (χ3n) is 6.43. The molecular formula is C27H30Cl2N6O2S2. The van der Waals surface area contributed by atoms with E-state index in [9.17, 15) is 14.9 Å². The van der Waals surface area contributed by atoms with Gasteiger partial charge in [0.2, 0.25) is 5.91 Å². The van der Waals surface area contributed by atoms with Crippen LogP contribution in [0.3, 0.4) is 0 Å². The van der Waals surface area contributed by atoms with Crippen molar-refractivity contribution in [3.05, 3.63) is 55.6 Å². The fraction of sp³-hybridized carbons (Fsp3) is 0.444. The molecule has 12 heteroatoms. The standard InChI is InChI=1S/C27H30Cl2N6O2S2/c1-4-35-24(21(11-15(2)3)31-25(37)18-10-9-16(28)12-20(18)29)33-34-27(35)38-14-23(36)32-26-19(13-30)17-7-5-6-8-22(17)39-26/h9-10,12,15,21H,4-8,11,14H2,1-3H3,(H,31,37)(H,32,36)/t21-/m0/s1. The number of aryl methyl sites for hydroxylation is 1. The second kappa shape index (κ2) is 13.2. The second-order valence-electron chi connectivity index (χ2n) is 9.73.